The van der Waals surface area contributed by atoms with E-state index >= 15 is 0 Å². The van der Waals surface area contributed by atoms with Gasteiger partial charge in [0.2, 0.25) is 0 Å². The van der Waals surface area contributed by atoms with E-state index in [9.17, 15) is 23.3 Å². The maximum absolute atomic E-state index is 12.8. The van der Waals surface area contributed by atoms with Gasteiger partial charge in [0.15, 0.2) is 0 Å². The van der Waals surface area contributed by atoms with Crippen LogP contribution in [0.15, 0.2) is 53.4 Å². The van der Waals surface area contributed by atoms with Crippen molar-refractivity contribution in [2.24, 2.45) is 0 Å². The van der Waals surface area contributed by atoms with Crippen molar-refractivity contribution in [2.45, 2.75) is 4.90 Å². The number of sulfonamides is 1. The average molecular weight is 462 g/mol. The molecule has 0 radical (unpaired) electrons. The normalized spacial score (nSPS) is 11.0. The third kappa shape index (κ3) is 4.00. The molecule has 0 bridgehead atoms. The molecule has 0 heterocycles. The van der Waals surface area contributed by atoms with Crippen LogP contribution in [0.5, 0.6) is 0 Å². The van der Waals surface area contributed by atoms with Gasteiger partial charge in [-0.15, -0.1) is 0 Å². The molecule has 0 atom stereocenters. The zero-order valence-electron chi connectivity index (χ0n) is 12.0. The summed E-state index contributed by atoms with van der Waals surface area (Å²) in [4.78, 5) is 20.9. The van der Waals surface area contributed by atoms with E-state index in [1.807, 2.05) is 22.6 Å². The number of nitrogens with zero attached hydrogens (tertiary/aromatic N) is 2. The topological polar surface area (TPSA) is 118 Å². The van der Waals surface area contributed by atoms with E-state index in [1.165, 1.54) is 24.3 Å². The zero-order chi connectivity index (χ0) is 17.9. The maximum atomic E-state index is 12.8. The van der Waals surface area contributed by atoms with Gasteiger partial charge in [-0.1, -0.05) is 12.1 Å². The van der Waals surface area contributed by atoms with Gasteiger partial charge in [0.1, 0.15) is 6.54 Å². The van der Waals surface area contributed by atoms with Crippen molar-refractivity contribution in [2.75, 3.05) is 10.8 Å². The SMILES string of the molecule is O=C(O)CN(c1cccc(I)c1)S(=O)(=O)c1cccc([N+](=O)[O-])c1. The van der Waals surface area contributed by atoms with Crippen molar-refractivity contribution < 1.29 is 23.2 Å². The Morgan fingerprint density at radius 1 is 1.21 bits per heavy atom. The van der Waals surface area contributed by atoms with Crippen LogP contribution < -0.4 is 4.31 Å². The number of benzene rings is 2. The van der Waals surface area contributed by atoms with E-state index in [2.05, 4.69) is 0 Å². The number of carbonyl (C=O) groups is 1. The fourth-order valence-electron chi connectivity index (χ4n) is 1.95. The Balaban J connectivity index is 2.57. The second-order valence-corrected chi connectivity index (χ2v) is 7.75. The Morgan fingerprint density at radius 3 is 2.46 bits per heavy atom. The number of nitro benzene ring substituents is 1. The molecule has 8 nitrogen and oxygen atoms in total. The Bertz CT molecular complexity index is 900. The molecule has 2 rings (SSSR count). The molecule has 0 aliphatic carbocycles. The van der Waals surface area contributed by atoms with Crippen LogP contribution in [0.25, 0.3) is 0 Å². The van der Waals surface area contributed by atoms with E-state index in [0.717, 1.165) is 15.7 Å². The molecule has 2 aromatic carbocycles. The smallest absolute Gasteiger partial charge is 0.324 e. The quantitative estimate of drug-likeness (QED) is 0.401. The highest BCUT2D eigenvalue weighted by Crippen LogP contribution is 2.26. The number of aliphatic carboxylic acids is 1. The third-order valence-corrected chi connectivity index (χ3v) is 5.43. The monoisotopic (exact) mass is 462 g/mol. The van der Waals surface area contributed by atoms with Crippen LogP contribution in [0.4, 0.5) is 11.4 Å². The van der Waals surface area contributed by atoms with Crippen molar-refractivity contribution >= 4 is 50.0 Å². The Labute approximate surface area is 151 Å². The molecule has 0 amide bonds. The first-order chi connectivity index (χ1) is 11.2. The summed E-state index contributed by atoms with van der Waals surface area (Å²) in [5.74, 6) is -1.34. The second-order valence-electron chi connectivity index (χ2n) is 4.64. The number of carboxylic acid groups (broad SMARTS) is 1. The number of hydrogen-bond donors (Lipinski definition) is 1. The fourth-order valence-corrected chi connectivity index (χ4v) is 3.93. The molecule has 1 N–H and O–H groups in total. The van der Waals surface area contributed by atoms with Gasteiger partial charge in [-0.3, -0.25) is 19.2 Å². The second kappa shape index (κ2) is 7.13. The van der Waals surface area contributed by atoms with Crippen molar-refractivity contribution in [1.29, 1.82) is 0 Å². The van der Waals surface area contributed by atoms with Gasteiger partial charge >= 0.3 is 5.97 Å². The van der Waals surface area contributed by atoms with Crippen LogP contribution in [0.3, 0.4) is 0 Å². The Hall–Kier alpha value is -2.21. The predicted molar refractivity (Wildman–Crippen MR) is 94.4 cm³/mol. The highest BCUT2D eigenvalue weighted by atomic mass is 127. The molecule has 0 aliphatic rings. The molecular formula is C14H11IN2O6S. The number of hydrogen-bond acceptors (Lipinski definition) is 5. The van der Waals surface area contributed by atoms with Crippen molar-refractivity contribution in [1.82, 2.24) is 0 Å². The van der Waals surface area contributed by atoms with Crippen LogP contribution in [-0.4, -0.2) is 31.0 Å². The molecule has 0 spiro atoms. The lowest BCUT2D eigenvalue weighted by atomic mass is 10.3. The summed E-state index contributed by atoms with van der Waals surface area (Å²) in [6.45, 7) is -0.800. The maximum Gasteiger partial charge on any atom is 0.324 e. The summed E-state index contributed by atoms with van der Waals surface area (Å²) in [6, 6.07) is 10.8. The molecule has 0 saturated heterocycles. The summed E-state index contributed by atoms with van der Waals surface area (Å²) in [5.41, 5.74) is -0.232. The molecule has 0 aromatic heterocycles. The molecule has 0 fully saturated rings. The van der Waals surface area contributed by atoms with Crippen molar-refractivity contribution in [3.05, 3.63) is 62.2 Å². The van der Waals surface area contributed by atoms with Gasteiger partial charge in [0.25, 0.3) is 15.7 Å². The van der Waals surface area contributed by atoms with Crippen LogP contribution >= 0.6 is 22.6 Å². The number of nitro groups is 1. The molecule has 0 saturated carbocycles. The Morgan fingerprint density at radius 2 is 1.88 bits per heavy atom. The summed E-state index contributed by atoms with van der Waals surface area (Å²) in [6.07, 6.45) is 0. The summed E-state index contributed by atoms with van der Waals surface area (Å²) >= 11 is 1.97. The van der Waals surface area contributed by atoms with Gasteiger partial charge < -0.3 is 5.11 Å². The van der Waals surface area contributed by atoms with Crippen molar-refractivity contribution in [3.63, 3.8) is 0 Å². The van der Waals surface area contributed by atoms with Gasteiger partial charge in [-0.25, -0.2) is 8.42 Å². The fraction of sp³-hybridized carbons (Fsp3) is 0.0714. The van der Waals surface area contributed by atoms with Gasteiger partial charge in [-0.2, -0.15) is 0 Å². The van der Waals surface area contributed by atoms with E-state index in [4.69, 9.17) is 5.11 Å². The summed E-state index contributed by atoms with van der Waals surface area (Å²) in [7, 11) is -4.28. The highest BCUT2D eigenvalue weighted by Gasteiger charge is 2.28. The minimum absolute atomic E-state index is 0.163. The van der Waals surface area contributed by atoms with Crippen molar-refractivity contribution in [3.8, 4) is 0 Å². The van der Waals surface area contributed by atoms with Crippen LogP contribution in [-0.2, 0) is 14.8 Å². The van der Waals surface area contributed by atoms with E-state index in [1.54, 1.807) is 12.1 Å². The minimum Gasteiger partial charge on any atom is -0.480 e. The molecular weight excluding hydrogens is 451 g/mol. The third-order valence-electron chi connectivity index (χ3n) is 2.99. The number of carboxylic acids is 1. The molecule has 2 aromatic rings. The van der Waals surface area contributed by atoms with E-state index in [0.29, 0.717) is 4.31 Å². The van der Waals surface area contributed by atoms with E-state index < -0.39 is 33.1 Å². The standard InChI is InChI=1S/C14H11IN2O6S/c15-10-3-1-4-11(7-10)16(9-14(18)19)24(22,23)13-6-2-5-12(8-13)17(20)21/h1-8H,9H2,(H,18,19). The number of halogens is 1. The molecule has 10 heteroatoms. The minimum atomic E-state index is -4.28. The number of non-ortho nitro benzene ring substituents is 1. The van der Waals surface area contributed by atoms with Crippen LogP contribution in [0.2, 0.25) is 0 Å². The highest BCUT2D eigenvalue weighted by molar-refractivity contribution is 14.1. The van der Waals surface area contributed by atoms with E-state index in [-0.39, 0.29) is 10.6 Å². The van der Waals surface area contributed by atoms with Gasteiger partial charge in [-0.05, 0) is 46.9 Å². The lowest BCUT2D eigenvalue weighted by Crippen LogP contribution is -2.35. The van der Waals surface area contributed by atoms with Crippen LogP contribution in [0.1, 0.15) is 0 Å². The first-order valence-corrected chi connectivity index (χ1v) is 8.98. The first kappa shape index (κ1) is 18.1. The summed E-state index contributed by atoms with van der Waals surface area (Å²) in [5, 5.41) is 19.9. The number of rotatable bonds is 6. The first-order valence-electron chi connectivity index (χ1n) is 6.46. The lowest BCUT2D eigenvalue weighted by Gasteiger charge is -2.22. The predicted octanol–water partition coefficient (Wildman–Crippen LogP) is 2.48. The largest absolute Gasteiger partial charge is 0.480 e. The van der Waals surface area contributed by atoms with Gasteiger partial charge in [0, 0.05) is 15.7 Å². The zero-order valence-corrected chi connectivity index (χ0v) is 15.0. The lowest BCUT2D eigenvalue weighted by molar-refractivity contribution is -0.385. The summed E-state index contributed by atoms with van der Waals surface area (Å²) < 4.78 is 27.0. The average Bonchev–Trinajstić information content (AvgIpc) is 2.52. The Kier molecular flexibility index (Phi) is 5.39. The molecule has 126 valence electrons. The molecule has 0 aliphatic heterocycles. The van der Waals surface area contributed by atoms with Crippen LogP contribution in [0, 0.1) is 13.7 Å². The molecule has 0 unspecified atom stereocenters. The molecule has 24 heavy (non-hydrogen) atoms. The number of anilines is 1. The van der Waals surface area contributed by atoms with Gasteiger partial charge in [0.05, 0.1) is 15.5 Å².